The molecule has 0 saturated carbocycles. The number of hydrogen-bond donors (Lipinski definition) is 3. The van der Waals surface area contributed by atoms with Gasteiger partial charge in [0.2, 0.25) is 5.91 Å². The molecule has 3 N–H and O–H groups in total. The molecule has 1 aromatic rings. The Bertz CT molecular complexity index is 657. The molecule has 1 amide bonds. The summed E-state index contributed by atoms with van der Waals surface area (Å²) < 4.78 is 5.06. The second kappa shape index (κ2) is 7.61. The Morgan fingerprint density at radius 3 is 3.04 bits per heavy atom. The third kappa shape index (κ3) is 3.64. The second-order valence-electron chi connectivity index (χ2n) is 5.52. The number of fused-ring (bicyclic) bond motifs is 1. The first kappa shape index (κ1) is 17.4. The first-order chi connectivity index (χ1) is 12.1. The van der Waals surface area contributed by atoms with Crippen molar-refractivity contribution in [3.8, 4) is 0 Å². The van der Waals surface area contributed by atoms with Crippen LogP contribution in [0.5, 0.6) is 0 Å². The number of rotatable bonds is 8. The zero-order valence-corrected chi connectivity index (χ0v) is 13.4. The number of ether oxygens (including phenoxy) is 1. The smallest absolute Gasteiger partial charge is 0.298 e. The number of carbonyl (C=O) groups excluding carboxylic acids is 1. The maximum atomic E-state index is 11.9. The third-order valence-electron chi connectivity index (χ3n) is 3.91. The summed E-state index contributed by atoms with van der Waals surface area (Å²) in [5.74, 6) is -0.206. The summed E-state index contributed by atoms with van der Waals surface area (Å²) in [4.78, 5) is 28.0. The van der Waals surface area contributed by atoms with E-state index in [2.05, 4.69) is 10.8 Å². The van der Waals surface area contributed by atoms with Gasteiger partial charge in [-0.15, -0.1) is 10.1 Å². The summed E-state index contributed by atoms with van der Waals surface area (Å²) in [5, 5.41) is 25.7. The molecule has 3 rings (SSSR count). The number of para-hydroxylation sites is 1. The average Bonchev–Trinajstić information content (AvgIpc) is 2.99. The molecule has 2 heterocycles. The van der Waals surface area contributed by atoms with E-state index in [4.69, 9.17) is 14.8 Å². The Labute approximate surface area is 143 Å². The predicted molar refractivity (Wildman–Crippen MR) is 86.1 cm³/mol. The van der Waals surface area contributed by atoms with Gasteiger partial charge in [0.1, 0.15) is 6.17 Å². The molecule has 11 heteroatoms. The molecule has 1 fully saturated rings. The maximum Gasteiger partial charge on any atom is 0.298 e. The first-order valence-corrected chi connectivity index (χ1v) is 7.87. The van der Waals surface area contributed by atoms with Gasteiger partial charge in [-0.2, -0.15) is 5.01 Å². The highest BCUT2D eigenvalue weighted by Gasteiger charge is 2.41. The number of nitrogens with zero attached hydrogens (tertiary/aromatic N) is 3. The van der Waals surface area contributed by atoms with Crippen molar-refractivity contribution in [2.24, 2.45) is 0 Å². The van der Waals surface area contributed by atoms with E-state index in [0.29, 0.717) is 24.3 Å². The van der Waals surface area contributed by atoms with Crippen molar-refractivity contribution in [2.75, 3.05) is 37.0 Å². The summed E-state index contributed by atoms with van der Waals surface area (Å²) in [6, 6.07) is 4.64. The van der Waals surface area contributed by atoms with E-state index in [-0.39, 0.29) is 44.0 Å². The van der Waals surface area contributed by atoms with Crippen LogP contribution in [0, 0.1) is 10.1 Å². The molecule has 1 unspecified atom stereocenters. The molecule has 0 aromatic heterocycles. The number of hydrogen-bond acceptors (Lipinski definition) is 9. The standard InChI is InChI=1S/C14H19N5O6/c20-7-9-24-8-5-13(21)15-12-4-6-17(12)18-14-10(16-25-18)2-1-3-11(14)19(22)23/h1-3,12,16,20H,4-9H2,(H,15,21). The SMILES string of the molecule is O=C(CCOCCO)NC1CCN1N1ONc2cccc([N+](=O)[O-])c21. The number of hydrazine groups is 1. The van der Waals surface area contributed by atoms with Crippen molar-refractivity contribution in [3.63, 3.8) is 0 Å². The molecule has 11 nitrogen and oxygen atoms in total. The fourth-order valence-electron chi connectivity index (χ4n) is 2.61. The van der Waals surface area contributed by atoms with E-state index in [1.54, 1.807) is 17.1 Å². The molecule has 0 aliphatic carbocycles. The molecule has 1 aromatic carbocycles. The molecule has 0 radical (unpaired) electrons. The fourth-order valence-corrected chi connectivity index (χ4v) is 2.61. The average molecular weight is 353 g/mol. The van der Waals surface area contributed by atoms with Gasteiger partial charge < -0.3 is 15.2 Å². The number of benzene rings is 1. The topological polar surface area (TPSA) is 129 Å². The largest absolute Gasteiger partial charge is 0.394 e. The highest BCUT2D eigenvalue weighted by atomic mass is 16.9. The van der Waals surface area contributed by atoms with Gasteiger partial charge in [-0.1, -0.05) is 6.07 Å². The van der Waals surface area contributed by atoms with Crippen LogP contribution in [-0.2, 0) is 14.5 Å². The zero-order valence-electron chi connectivity index (χ0n) is 13.4. The van der Waals surface area contributed by atoms with Crippen molar-refractivity contribution < 1.29 is 24.5 Å². The number of aliphatic hydroxyl groups is 1. The third-order valence-corrected chi connectivity index (χ3v) is 3.91. The van der Waals surface area contributed by atoms with Gasteiger partial charge in [-0.05, 0) is 12.5 Å². The van der Waals surface area contributed by atoms with Gasteiger partial charge >= 0.3 is 0 Å². The van der Waals surface area contributed by atoms with Gasteiger partial charge in [-0.3, -0.25) is 14.9 Å². The van der Waals surface area contributed by atoms with Crippen molar-refractivity contribution in [1.29, 1.82) is 0 Å². The number of anilines is 2. The molecular formula is C14H19N5O6. The summed E-state index contributed by atoms with van der Waals surface area (Å²) >= 11 is 0. The molecule has 2 aliphatic heterocycles. The van der Waals surface area contributed by atoms with Gasteiger partial charge in [0.15, 0.2) is 5.69 Å². The van der Waals surface area contributed by atoms with Crippen LogP contribution in [0.2, 0.25) is 0 Å². The molecule has 2 aliphatic rings. The molecular weight excluding hydrogens is 334 g/mol. The van der Waals surface area contributed by atoms with Crippen LogP contribution in [0.3, 0.4) is 0 Å². The van der Waals surface area contributed by atoms with Crippen molar-refractivity contribution in [1.82, 2.24) is 10.3 Å². The molecule has 0 spiro atoms. The van der Waals surface area contributed by atoms with Crippen LogP contribution >= 0.6 is 0 Å². The van der Waals surface area contributed by atoms with Crippen LogP contribution in [0.25, 0.3) is 0 Å². The summed E-state index contributed by atoms with van der Waals surface area (Å²) in [7, 11) is 0. The minimum Gasteiger partial charge on any atom is -0.394 e. The van der Waals surface area contributed by atoms with E-state index in [9.17, 15) is 14.9 Å². The highest BCUT2D eigenvalue weighted by Crippen LogP contribution is 2.42. The number of amides is 1. The van der Waals surface area contributed by atoms with Crippen molar-refractivity contribution in [2.45, 2.75) is 19.0 Å². The maximum absolute atomic E-state index is 11.9. The minimum absolute atomic E-state index is 0.0862. The number of nitro groups is 1. The molecule has 136 valence electrons. The lowest BCUT2D eigenvalue weighted by molar-refractivity contribution is -0.384. The normalized spacial score (nSPS) is 19.1. The van der Waals surface area contributed by atoms with Gasteiger partial charge in [-0.25, -0.2) is 5.48 Å². The number of nitrogens with one attached hydrogen (secondary N) is 2. The first-order valence-electron chi connectivity index (χ1n) is 7.87. The molecule has 0 bridgehead atoms. The Balaban J connectivity index is 1.61. The molecule has 1 atom stereocenters. The lowest BCUT2D eigenvalue weighted by atomic mass is 10.1. The van der Waals surface area contributed by atoms with E-state index >= 15 is 0 Å². The van der Waals surface area contributed by atoms with Gasteiger partial charge in [0, 0.05) is 12.6 Å². The number of aliphatic hydroxyl groups excluding tert-OH is 1. The summed E-state index contributed by atoms with van der Waals surface area (Å²) in [5.41, 5.74) is 3.35. The Morgan fingerprint density at radius 1 is 1.52 bits per heavy atom. The van der Waals surface area contributed by atoms with Crippen LogP contribution < -0.4 is 16.0 Å². The van der Waals surface area contributed by atoms with Crippen LogP contribution in [0.4, 0.5) is 17.1 Å². The van der Waals surface area contributed by atoms with E-state index in [1.165, 1.54) is 11.2 Å². The zero-order chi connectivity index (χ0) is 17.8. The Hall–Kier alpha value is -2.47. The highest BCUT2D eigenvalue weighted by molar-refractivity contribution is 5.80. The molecule has 25 heavy (non-hydrogen) atoms. The fraction of sp³-hybridized carbons (Fsp3) is 0.500. The second-order valence-corrected chi connectivity index (χ2v) is 5.52. The lowest BCUT2D eigenvalue weighted by Gasteiger charge is -2.44. The van der Waals surface area contributed by atoms with E-state index in [0.717, 1.165) is 0 Å². The Kier molecular flexibility index (Phi) is 5.28. The van der Waals surface area contributed by atoms with Crippen LogP contribution in [-0.4, -0.2) is 53.5 Å². The minimum atomic E-state index is -0.478. The summed E-state index contributed by atoms with van der Waals surface area (Å²) in [6.45, 7) is 0.903. The van der Waals surface area contributed by atoms with Gasteiger partial charge in [0.25, 0.3) is 5.69 Å². The predicted octanol–water partition coefficient (Wildman–Crippen LogP) is 0.135. The van der Waals surface area contributed by atoms with E-state index in [1.807, 2.05) is 0 Å². The van der Waals surface area contributed by atoms with Crippen LogP contribution in [0.15, 0.2) is 18.2 Å². The van der Waals surface area contributed by atoms with Crippen molar-refractivity contribution >= 4 is 23.0 Å². The number of carbonyl (C=O) groups is 1. The van der Waals surface area contributed by atoms with E-state index < -0.39 is 4.92 Å². The monoisotopic (exact) mass is 353 g/mol. The van der Waals surface area contributed by atoms with Gasteiger partial charge in [0.05, 0.1) is 36.9 Å². The van der Waals surface area contributed by atoms with Crippen molar-refractivity contribution in [3.05, 3.63) is 28.3 Å². The number of nitro benzene ring substituents is 1. The molecule has 1 saturated heterocycles. The quantitative estimate of drug-likeness (QED) is 0.339. The lowest BCUT2D eigenvalue weighted by Crippen LogP contribution is -2.63. The summed E-state index contributed by atoms with van der Waals surface area (Å²) in [6.07, 6.45) is 0.539. The van der Waals surface area contributed by atoms with Crippen LogP contribution in [0.1, 0.15) is 12.8 Å². The Morgan fingerprint density at radius 2 is 2.36 bits per heavy atom.